The van der Waals surface area contributed by atoms with Crippen LogP contribution in [0.2, 0.25) is 0 Å². The molecule has 0 aliphatic carbocycles. The summed E-state index contributed by atoms with van der Waals surface area (Å²) in [5.74, 6) is 0.386. The summed E-state index contributed by atoms with van der Waals surface area (Å²) < 4.78 is 12.3. The monoisotopic (exact) mass is 448 g/mol. The van der Waals surface area contributed by atoms with Crippen LogP contribution < -0.4 is 9.47 Å². The molecule has 0 bridgehead atoms. The highest BCUT2D eigenvalue weighted by Crippen LogP contribution is 2.39. The molecule has 3 aromatic carbocycles. The molecule has 0 saturated carbocycles. The lowest BCUT2D eigenvalue weighted by atomic mass is 10.1. The van der Waals surface area contributed by atoms with Crippen LogP contribution >= 0.6 is 15.9 Å². The van der Waals surface area contributed by atoms with Gasteiger partial charge in [0.05, 0.1) is 11.1 Å². The van der Waals surface area contributed by atoms with E-state index in [-0.39, 0.29) is 11.5 Å². The van der Waals surface area contributed by atoms with E-state index in [1.54, 1.807) is 49.4 Å². The Labute approximate surface area is 176 Å². The first-order valence-corrected chi connectivity index (χ1v) is 9.84. The highest BCUT2D eigenvalue weighted by atomic mass is 79.9. The van der Waals surface area contributed by atoms with E-state index in [9.17, 15) is 9.59 Å². The van der Waals surface area contributed by atoms with Gasteiger partial charge in [-0.2, -0.15) is 0 Å². The summed E-state index contributed by atoms with van der Waals surface area (Å²) in [4.78, 5) is 25.1. The number of rotatable bonds is 3. The van der Waals surface area contributed by atoms with Gasteiger partial charge in [0.1, 0.15) is 11.5 Å². The van der Waals surface area contributed by atoms with E-state index in [0.717, 1.165) is 15.6 Å². The van der Waals surface area contributed by atoms with E-state index in [0.29, 0.717) is 28.2 Å². The number of aryl methyl sites for hydroxylation is 1. The van der Waals surface area contributed by atoms with E-state index < -0.39 is 5.97 Å². The molecule has 0 amide bonds. The number of carbonyl (C=O) groups is 2. The third kappa shape index (κ3) is 3.87. The van der Waals surface area contributed by atoms with E-state index in [1.165, 1.54) is 0 Å². The lowest BCUT2D eigenvalue weighted by Gasteiger charge is -2.10. The van der Waals surface area contributed by atoms with Gasteiger partial charge < -0.3 is 9.47 Å². The van der Waals surface area contributed by atoms with Crippen LogP contribution in [0.3, 0.4) is 0 Å². The number of carbonyl (C=O) groups excluding carboxylic acids is 2. The number of ether oxygens (including phenoxy) is 2. The Bertz CT molecular complexity index is 1160. The summed E-state index contributed by atoms with van der Waals surface area (Å²) in [6.45, 7) is 3.76. The molecule has 0 unspecified atom stereocenters. The maximum absolute atomic E-state index is 12.7. The zero-order valence-electron chi connectivity index (χ0n) is 15.9. The fraction of sp³-hybridized carbons (Fsp3) is 0.0833. The lowest BCUT2D eigenvalue weighted by Crippen LogP contribution is -2.09. The fourth-order valence-corrected chi connectivity index (χ4v) is 3.40. The minimum absolute atomic E-state index is 0.185. The summed E-state index contributed by atoms with van der Waals surface area (Å²) in [6, 6.07) is 18.0. The van der Waals surface area contributed by atoms with Crippen molar-refractivity contribution in [3.63, 3.8) is 0 Å². The predicted octanol–water partition coefficient (Wildman–Crippen LogP) is 5.90. The molecule has 0 fully saturated rings. The van der Waals surface area contributed by atoms with Crippen LogP contribution in [0.1, 0.15) is 37.4 Å². The van der Waals surface area contributed by atoms with Gasteiger partial charge in [0.2, 0.25) is 5.78 Å². The summed E-state index contributed by atoms with van der Waals surface area (Å²) in [6.07, 6.45) is 1.72. The number of Topliss-reactive ketones (excluding diaryl/α,β-unsaturated/α-hetero) is 1. The number of allylic oxidation sites excluding steroid dienone is 1. The van der Waals surface area contributed by atoms with Gasteiger partial charge in [-0.3, -0.25) is 4.79 Å². The van der Waals surface area contributed by atoms with Crippen molar-refractivity contribution < 1.29 is 19.1 Å². The van der Waals surface area contributed by atoms with Crippen molar-refractivity contribution in [3.8, 4) is 11.5 Å². The molecule has 0 spiro atoms. The molecular weight excluding hydrogens is 432 g/mol. The van der Waals surface area contributed by atoms with Crippen LogP contribution in [0.4, 0.5) is 0 Å². The molecule has 4 rings (SSSR count). The van der Waals surface area contributed by atoms with Crippen molar-refractivity contribution in [2.24, 2.45) is 0 Å². The van der Waals surface area contributed by atoms with Gasteiger partial charge in [0, 0.05) is 10.0 Å². The Balaban J connectivity index is 1.61. The maximum atomic E-state index is 12.7. The SMILES string of the molecule is Cc1cccc(/C=C2\Oc3c(ccc(OC(=O)c4ccc(Br)cc4)c3C)C2=O)c1. The van der Waals surface area contributed by atoms with Crippen LogP contribution in [0.15, 0.2) is 70.9 Å². The summed E-state index contributed by atoms with van der Waals surface area (Å²) in [5.41, 5.74) is 3.49. The van der Waals surface area contributed by atoms with Crippen LogP contribution in [-0.4, -0.2) is 11.8 Å². The first-order chi connectivity index (χ1) is 13.9. The van der Waals surface area contributed by atoms with Crippen molar-refractivity contribution >= 4 is 33.8 Å². The molecule has 4 nitrogen and oxygen atoms in total. The molecule has 0 radical (unpaired) electrons. The Morgan fingerprint density at radius 2 is 1.79 bits per heavy atom. The number of hydrogen-bond acceptors (Lipinski definition) is 4. The minimum atomic E-state index is -0.472. The molecule has 5 heteroatoms. The van der Waals surface area contributed by atoms with Crippen molar-refractivity contribution in [3.05, 3.63) is 98.7 Å². The van der Waals surface area contributed by atoms with Gasteiger partial charge in [-0.1, -0.05) is 45.8 Å². The topological polar surface area (TPSA) is 52.6 Å². The van der Waals surface area contributed by atoms with Gasteiger partial charge in [-0.05, 0) is 61.9 Å². The van der Waals surface area contributed by atoms with Gasteiger partial charge in [0.25, 0.3) is 0 Å². The number of benzene rings is 3. The highest BCUT2D eigenvalue weighted by Gasteiger charge is 2.30. The number of ketones is 1. The smallest absolute Gasteiger partial charge is 0.343 e. The van der Waals surface area contributed by atoms with Gasteiger partial charge in [0.15, 0.2) is 5.76 Å². The number of hydrogen-bond donors (Lipinski definition) is 0. The standard InChI is InChI=1S/C24H17BrO4/c1-14-4-3-5-16(12-14)13-21-22(26)19-10-11-20(15(2)23(19)28-21)29-24(27)17-6-8-18(25)9-7-17/h3-13H,1-2H3/b21-13-. The van der Waals surface area contributed by atoms with E-state index in [2.05, 4.69) is 15.9 Å². The van der Waals surface area contributed by atoms with Crippen LogP contribution in [0.5, 0.6) is 11.5 Å². The second-order valence-corrected chi connectivity index (χ2v) is 7.73. The van der Waals surface area contributed by atoms with Crippen LogP contribution in [0.25, 0.3) is 6.08 Å². The van der Waals surface area contributed by atoms with Crippen molar-refractivity contribution in [1.29, 1.82) is 0 Å². The minimum Gasteiger partial charge on any atom is -0.452 e. The maximum Gasteiger partial charge on any atom is 0.343 e. The fourth-order valence-electron chi connectivity index (χ4n) is 3.13. The van der Waals surface area contributed by atoms with Crippen LogP contribution in [-0.2, 0) is 0 Å². The largest absolute Gasteiger partial charge is 0.452 e. The normalized spacial score (nSPS) is 13.9. The number of halogens is 1. The number of esters is 1. The zero-order chi connectivity index (χ0) is 20.5. The second-order valence-electron chi connectivity index (χ2n) is 6.82. The van der Waals surface area contributed by atoms with Gasteiger partial charge >= 0.3 is 5.97 Å². The summed E-state index contributed by atoms with van der Waals surface area (Å²) in [5, 5.41) is 0. The Morgan fingerprint density at radius 1 is 1.03 bits per heavy atom. The molecule has 1 aliphatic heterocycles. The molecule has 1 heterocycles. The van der Waals surface area contributed by atoms with E-state index >= 15 is 0 Å². The van der Waals surface area contributed by atoms with E-state index in [1.807, 2.05) is 31.2 Å². The van der Waals surface area contributed by atoms with Gasteiger partial charge in [-0.15, -0.1) is 0 Å². The van der Waals surface area contributed by atoms with Gasteiger partial charge in [-0.25, -0.2) is 4.79 Å². The lowest BCUT2D eigenvalue weighted by molar-refractivity contribution is 0.0733. The first kappa shape index (κ1) is 19.2. The first-order valence-electron chi connectivity index (χ1n) is 9.04. The third-order valence-corrected chi connectivity index (χ3v) is 5.19. The molecular formula is C24H17BrO4. The molecule has 0 atom stereocenters. The molecule has 0 N–H and O–H groups in total. The molecule has 0 saturated heterocycles. The Morgan fingerprint density at radius 3 is 2.52 bits per heavy atom. The average molecular weight is 449 g/mol. The van der Waals surface area contributed by atoms with Crippen molar-refractivity contribution in [1.82, 2.24) is 0 Å². The van der Waals surface area contributed by atoms with E-state index in [4.69, 9.17) is 9.47 Å². The Hall–Kier alpha value is -3.18. The van der Waals surface area contributed by atoms with Crippen molar-refractivity contribution in [2.45, 2.75) is 13.8 Å². The Kier molecular flexibility index (Phi) is 5.07. The average Bonchev–Trinajstić information content (AvgIpc) is 3.01. The predicted molar refractivity (Wildman–Crippen MR) is 114 cm³/mol. The molecule has 3 aromatic rings. The zero-order valence-corrected chi connectivity index (χ0v) is 17.4. The molecule has 1 aliphatic rings. The highest BCUT2D eigenvalue weighted by molar-refractivity contribution is 9.10. The molecule has 29 heavy (non-hydrogen) atoms. The molecule has 0 aromatic heterocycles. The number of fused-ring (bicyclic) bond motifs is 1. The molecule has 144 valence electrons. The second kappa shape index (κ2) is 7.68. The van der Waals surface area contributed by atoms with Crippen molar-refractivity contribution in [2.75, 3.05) is 0 Å². The summed E-state index contributed by atoms with van der Waals surface area (Å²) >= 11 is 3.34. The quantitative estimate of drug-likeness (QED) is 0.284. The summed E-state index contributed by atoms with van der Waals surface area (Å²) in [7, 11) is 0. The third-order valence-electron chi connectivity index (χ3n) is 4.66. The van der Waals surface area contributed by atoms with Crippen LogP contribution in [0, 0.1) is 13.8 Å².